The zero-order valence-electron chi connectivity index (χ0n) is 21.6. The van der Waals surface area contributed by atoms with Gasteiger partial charge in [0.1, 0.15) is 11.2 Å². The first-order valence-corrected chi connectivity index (χ1v) is 10.6. The fraction of sp³-hybridized carbons (Fsp3) is 0.391. The monoisotopic (exact) mass is 477 g/mol. The van der Waals surface area contributed by atoms with Crippen LogP contribution in [0.3, 0.4) is 0 Å². The molecule has 2 aromatic heterocycles. The van der Waals surface area contributed by atoms with Gasteiger partial charge in [-0.3, -0.25) is 14.5 Å². The molecule has 0 spiro atoms. The molecule has 1 aromatic carbocycles. The van der Waals surface area contributed by atoms with E-state index < -0.39 is 35.9 Å². The van der Waals surface area contributed by atoms with Crippen molar-refractivity contribution in [2.24, 2.45) is 0 Å². The minimum absolute atomic E-state index is 0.00472. The molecule has 1 fully saturated rings. The van der Waals surface area contributed by atoms with Crippen molar-refractivity contribution in [1.29, 1.82) is 0 Å². The number of aromatic nitrogens is 3. The number of aryl methyl sites for hydroxylation is 1. The minimum atomic E-state index is -3.45. The molecular formula is C23H25F3N6O2. The average molecular weight is 478 g/mol. The van der Waals surface area contributed by atoms with Gasteiger partial charge in [-0.25, -0.2) is 14.4 Å². The highest BCUT2D eigenvalue weighted by molar-refractivity contribution is 5.92. The Balaban J connectivity index is 1.43. The summed E-state index contributed by atoms with van der Waals surface area (Å²) >= 11 is 0. The lowest BCUT2D eigenvalue weighted by molar-refractivity contribution is 0.0115. The molecule has 0 bridgehead atoms. The Morgan fingerprint density at radius 3 is 2.59 bits per heavy atom. The lowest BCUT2D eigenvalue weighted by atomic mass is 10.1. The van der Waals surface area contributed by atoms with E-state index in [2.05, 4.69) is 19.9 Å². The maximum absolute atomic E-state index is 15.1. The molecule has 0 atom stereocenters. The van der Waals surface area contributed by atoms with Crippen LogP contribution in [0.15, 0.2) is 29.1 Å². The van der Waals surface area contributed by atoms with Gasteiger partial charge in [-0.1, -0.05) is 6.07 Å². The highest BCUT2D eigenvalue weighted by atomic mass is 19.3. The third kappa shape index (κ3) is 4.60. The van der Waals surface area contributed by atoms with Crippen molar-refractivity contribution in [3.8, 4) is 0 Å². The van der Waals surface area contributed by atoms with E-state index in [-0.39, 0.29) is 23.3 Å². The van der Waals surface area contributed by atoms with Crippen LogP contribution in [0, 0.1) is 12.7 Å². The molecule has 1 saturated heterocycles. The molecule has 0 aliphatic carbocycles. The van der Waals surface area contributed by atoms with Gasteiger partial charge in [-0.05, 0) is 25.1 Å². The summed E-state index contributed by atoms with van der Waals surface area (Å²) in [5.74, 6) is -4.94. The number of hydrogen-bond acceptors (Lipinski definition) is 6. The molecule has 0 unspecified atom stereocenters. The Labute approximate surface area is 198 Å². The molecule has 0 saturated carbocycles. The summed E-state index contributed by atoms with van der Waals surface area (Å²) in [6, 6.07) is 6.07. The zero-order chi connectivity index (χ0) is 27.1. The first-order valence-electron chi connectivity index (χ1n) is 12.1. The number of pyridine rings is 1. The number of carbonyl (C=O) groups excluding carboxylic acids is 1. The summed E-state index contributed by atoms with van der Waals surface area (Å²) in [5.41, 5.74) is -0.675. The molecule has 1 amide bonds. The number of nitrogens with one attached hydrogen (secondary N) is 2. The third-order valence-electron chi connectivity index (χ3n) is 5.81. The van der Waals surface area contributed by atoms with E-state index in [1.807, 2.05) is 10.2 Å². The van der Waals surface area contributed by atoms with Crippen LogP contribution < -0.4 is 15.8 Å². The molecule has 4 rings (SSSR count). The minimum Gasteiger partial charge on any atom is -0.368 e. The summed E-state index contributed by atoms with van der Waals surface area (Å²) in [6.07, 6.45) is 0. The maximum Gasteiger partial charge on any atom is 0.292 e. The number of halogens is 3. The highest BCUT2D eigenvalue weighted by Crippen LogP contribution is 2.26. The first-order chi connectivity index (χ1) is 17.2. The van der Waals surface area contributed by atoms with Gasteiger partial charge in [-0.2, -0.15) is 8.78 Å². The van der Waals surface area contributed by atoms with Crippen molar-refractivity contribution in [3.63, 3.8) is 0 Å². The number of hydrogen-bond donors (Lipinski definition) is 2. The lowest BCUT2D eigenvalue weighted by Crippen LogP contribution is -2.46. The summed E-state index contributed by atoms with van der Waals surface area (Å²) < 4.78 is 63.8. The maximum atomic E-state index is 15.1. The quantitative estimate of drug-likeness (QED) is 0.587. The van der Waals surface area contributed by atoms with E-state index in [9.17, 15) is 18.4 Å². The Hall–Kier alpha value is -3.47. The number of aromatic amines is 1. The molecular weight excluding hydrogens is 449 g/mol. The number of anilines is 1. The van der Waals surface area contributed by atoms with Crippen LogP contribution in [0.5, 0.6) is 0 Å². The van der Waals surface area contributed by atoms with Crippen molar-refractivity contribution in [1.82, 2.24) is 25.2 Å². The zero-order valence-corrected chi connectivity index (χ0v) is 18.6. The molecule has 0 radical (unpaired) electrons. The number of piperazine rings is 1. The van der Waals surface area contributed by atoms with Crippen LogP contribution in [-0.2, 0) is 12.5 Å². The number of alkyl halides is 2. The summed E-state index contributed by atoms with van der Waals surface area (Å²) in [7, 11) is 0. The van der Waals surface area contributed by atoms with Crippen molar-refractivity contribution in [2.75, 3.05) is 38.1 Å². The van der Waals surface area contributed by atoms with Gasteiger partial charge in [0, 0.05) is 56.3 Å². The van der Waals surface area contributed by atoms with Crippen LogP contribution in [0.4, 0.5) is 18.9 Å². The van der Waals surface area contributed by atoms with Crippen molar-refractivity contribution >= 4 is 22.6 Å². The highest BCUT2D eigenvalue weighted by Gasteiger charge is 2.31. The molecule has 180 valence electrons. The second kappa shape index (κ2) is 9.05. The van der Waals surface area contributed by atoms with Crippen LogP contribution >= 0.6 is 0 Å². The van der Waals surface area contributed by atoms with Crippen LogP contribution in [0.2, 0.25) is 0 Å². The van der Waals surface area contributed by atoms with E-state index in [0.717, 1.165) is 5.69 Å². The molecule has 8 nitrogen and oxygen atoms in total. The van der Waals surface area contributed by atoms with Gasteiger partial charge in [0.2, 0.25) is 0 Å². The van der Waals surface area contributed by atoms with Crippen molar-refractivity contribution < 1.29 is 22.1 Å². The van der Waals surface area contributed by atoms with E-state index in [1.54, 1.807) is 13.0 Å². The Morgan fingerprint density at radius 1 is 1.21 bits per heavy atom. The number of H-pyrrole nitrogens is 1. The van der Waals surface area contributed by atoms with Gasteiger partial charge < -0.3 is 15.2 Å². The second-order valence-corrected chi connectivity index (χ2v) is 8.25. The fourth-order valence-electron chi connectivity index (χ4n) is 4.05. The number of benzene rings is 1. The van der Waals surface area contributed by atoms with Crippen LogP contribution in [0.25, 0.3) is 11.0 Å². The molecule has 1 aliphatic heterocycles. The Kier molecular flexibility index (Phi) is 5.31. The summed E-state index contributed by atoms with van der Waals surface area (Å²) in [4.78, 5) is 38.3. The predicted molar refractivity (Wildman–Crippen MR) is 122 cm³/mol. The SMILES string of the molecule is [2H]C([2H])([2H])NC(=O)c1ccc(N2CCN(Cc3ccc4nc(C(C)(F)F)c(=O)[nH]c4c3F)CC2)c(C)n1. The number of nitrogens with zero attached hydrogens (tertiary/aromatic N) is 4. The first kappa shape index (κ1) is 20.0. The molecule has 34 heavy (non-hydrogen) atoms. The number of rotatable bonds is 5. The van der Waals surface area contributed by atoms with Crippen molar-refractivity contribution in [2.45, 2.75) is 26.3 Å². The predicted octanol–water partition coefficient (Wildman–Crippen LogP) is 2.56. The Morgan fingerprint density at radius 2 is 1.94 bits per heavy atom. The second-order valence-electron chi connectivity index (χ2n) is 8.25. The van der Waals surface area contributed by atoms with Crippen molar-refractivity contribution in [3.05, 3.63) is 63.1 Å². The van der Waals surface area contributed by atoms with Gasteiger partial charge in [0.15, 0.2) is 11.5 Å². The normalized spacial score (nSPS) is 16.7. The van der Waals surface area contributed by atoms with E-state index in [1.165, 1.54) is 18.2 Å². The fourth-order valence-corrected chi connectivity index (χ4v) is 4.05. The van der Waals surface area contributed by atoms with Crippen LogP contribution in [-0.4, -0.2) is 58.9 Å². The topological polar surface area (TPSA) is 94.2 Å². The smallest absolute Gasteiger partial charge is 0.292 e. The largest absolute Gasteiger partial charge is 0.368 e. The van der Waals surface area contributed by atoms with Gasteiger partial charge >= 0.3 is 0 Å². The van der Waals surface area contributed by atoms with Crippen LogP contribution in [0.1, 0.15) is 38.5 Å². The third-order valence-corrected chi connectivity index (χ3v) is 5.81. The molecule has 11 heteroatoms. The molecule has 2 N–H and O–H groups in total. The number of amides is 1. The summed E-state index contributed by atoms with van der Waals surface area (Å²) in [6.45, 7) is 2.26. The van der Waals surface area contributed by atoms with E-state index >= 15 is 4.39 Å². The lowest BCUT2D eigenvalue weighted by Gasteiger charge is -2.36. The molecule has 3 aromatic rings. The molecule has 3 heterocycles. The number of fused-ring (bicyclic) bond motifs is 1. The van der Waals surface area contributed by atoms with E-state index in [4.69, 9.17) is 4.11 Å². The van der Waals surface area contributed by atoms with Gasteiger partial charge in [-0.15, -0.1) is 0 Å². The number of carbonyl (C=O) groups is 1. The Bertz CT molecular complexity index is 1400. The summed E-state index contributed by atoms with van der Waals surface area (Å²) in [5, 5.41) is 1.91. The van der Waals surface area contributed by atoms with Gasteiger partial charge in [0.05, 0.1) is 16.9 Å². The molecule has 1 aliphatic rings. The van der Waals surface area contributed by atoms with Gasteiger partial charge in [0.25, 0.3) is 17.4 Å². The average Bonchev–Trinajstić information content (AvgIpc) is 2.80. The van der Waals surface area contributed by atoms with E-state index in [0.29, 0.717) is 44.4 Å². The standard InChI is InChI=1S/C23H25F3N6O2/c1-13-17(7-6-16(28-13)21(33)27-3)32-10-8-31(9-11-32)12-14-4-5-15-19(18(14)24)30-22(34)20(29-15)23(2,25)26/h4-7H,8-12H2,1-3H3,(H,27,33)(H,30,34)/i3D3.